The summed E-state index contributed by atoms with van der Waals surface area (Å²) >= 11 is 6.28. The van der Waals surface area contributed by atoms with Crippen LogP contribution in [0.5, 0.6) is 5.75 Å². The fourth-order valence-electron chi connectivity index (χ4n) is 3.35. The molecule has 0 N–H and O–H groups in total. The molecule has 1 saturated carbocycles. The first-order valence-electron chi connectivity index (χ1n) is 9.61. The minimum absolute atomic E-state index is 0.0174. The zero-order valence-corrected chi connectivity index (χ0v) is 17.7. The third-order valence-electron chi connectivity index (χ3n) is 5.11. The van der Waals surface area contributed by atoms with Crippen LogP contribution in [-0.4, -0.2) is 40.9 Å². The van der Waals surface area contributed by atoms with Gasteiger partial charge in [-0.25, -0.2) is 4.79 Å². The number of alkyl halides is 5. The molecule has 0 radical (unpaired) electrons. The monoisotopic (exact) mass is 480 g/mol. The smallest absolute Gasteiger partial charge is 0.401 e. The number of rotatable bonds is 8. The van der Waals surface area contributed by atoms with Crippen LogP contribution >= 0.6 is 11.6 Å². The Hall–Kier alpha value is -2.69. The number of aromatic nitrogens is 2. The second-order valence-corrected chi connectivity index (χ2v) is 7.42. The summed E-state index contributed by atoms with van der Waals surface area (Å²) in [6, 6.07) is 3.04. The number of carbonyl (C=O) groups excluding carboxylic acids is 2. The lowest BCUT2D eigenvalue weighted by atomic mass is 9.93. The Balaban J connectivity index is 2.12. The maximum atomic E-state index is 13.3. The van der Waals surface area contributed by atoms with Gasteiger partial charge in [0.1, 0.15) is 16.2 Å². The third kappa shape index (κ3) is 4.17. The van der Waals surface area contributed by atoms with Crippen molar-refractivity contribution in [1.29, 1.82) is 0 Å². The van der Waals surface area contributed by atoms with Gasteiger partial charge in [-0.15, -0.1) is 0 Å². The summed E-state index contributed by atoms with van der Waals surface area (Å²) in [4.78, 5) is 24.7. The van der Waals surface area contributed by atoms with E-state index in [0.29, 0.717) is 0 Å². The van der Waals surface area contributed by atoms with Crippen molar-refractivity contribution < 1.29 is 41.0 Å². The van der Waals surface area contributed by atoms with Gasteiger partial charge in [-0.05, 0) is 38.8 Å². The van der Waals surface area contributed by atoms with Crippen LogP contribution in [0.4, 0.5) is 22.0 Å². The Morgan fingerprint density at radius 1 is 1.25 bits per heavy atom. The summed E-state index contributed by atoms with van der Waals surface area (Å²) in [5, 5.41) is 3.82. The van der Waals surface area contributed by atoms with Gasteiger partial charge in [0, 0.05) is 17.7 Å². The lowest BCUT2D eigenvalue weighted by molar-refractivity contribution is -0.171. The van der Waals surface area contributed by atoms with Gasteiger partial charge in [-0.1, -0.05) is 17.7 Å². The highest BCUT2D eigenvalue weighted by atomic mass is 35.5. The summed E-state index contributed by atoms with van der Waals surface area (Å²) < 4.78 is 76.8. The van der Waals surface area contributed by atoms with Gasteiger partial charge in [0.05, 0.1) is 12.3 Å². The highest BCUT2D eigenvalue weighted by Crippen LogP contribution is 2.59. The first-order chi connectivity index (χ1) is 15.0. The molecule has 0 amide bonds. The lowest BCUT2D eigenvalue weighted by Gasteiger charge is -2.19. The molecule has 1 aromatic heterocycles. The summed E-state index contributed by atoms with van der Waals surface area (Å²) in [6.45, 7) is 0.0917. The van der Waals surface area contributed by atoms with E-state index in [1.807, 2.05) is 0 Å². The van der Waals surface area contributed by atoms with Crippen LogP contribution in [0.25, 0.3) is 11.3 Å². The SMILES string of the molecule is CCOC(=O)c1nn(CC)c(-c2ccc(C(=O)C3(C(F)(F)F)CC3)cc2OC(F)F)c1Cl. The predicted octanol–water partition coefficient (Wildman–Crippen LogP) is 5.53. The van der Waals surface area contributed by atoms with Crippen molar-refractivity contribution in [2.75, 3.05) is 6.61 Å². The predicted molar refractivity (Wildman–Crippen MR) is 103 cm³/mol. The van der Waals surface area contributed by atoms with E-state index in [1.54, 1.807) is 13.8 Å². The molecular weight excluding hydrogens is 463 g/mol. The number of nitrogens with zero attached hydrogens (tertiary/aromatic N) is 2. The fraction of sp³-hybridized carbons (Fsp3) is 0.450. The molecule has 3 rings (SSSR count). The highest BCUT2D eigenvalue weighted by molar-refractivity contribution is 6.36. The van der Waals surface area contributed by atoms with Crippen LogP contribution in [0.3, 0.4) is 0 Å². The van der Waals surface area contributed by atoms with E-state index < -0.39 is 41.3 Å². The summed E-state index contributed by atoms with van der Waals surface area (Å²) in [6.07, 6.45) is -5.51. The second kappa shape index (κ2) is 8.68. The van der Waals surface area contributed by atoms with Crippen LogP contribution in [0, 0.1) is 5.41 Å². The van der Waals surface area contributed by atoms with Crippen molar-refractivity contribution in [1.82, 2.24) is 9.78 Å². The number of benzene rings is 1. The molecule has 0 saturated heterocycles. The Bertz CT molecular complexity index is 1050. The molecule has 1 aliphatic carbocycles. The Kier molecular flexibility index (Phi) is 6.50. The van der Waals surface area contributed by atoms with Gasteiger partial charge in [0.25, 0.3) is 0 Å². The van der Waals surface area contributed by atoms with E-state index in [0.717, 1.165) is 18.2 Å². The fourth-order valence-corrected chi connectivity index (χ4v) is 3.66. The van der Waals surface area contributed by atoms with E-state index >= 15 is 0 Å². The maximum Gasteiger partial charge on any atom is 0.401 e. The van der Waals surface area contributed by atoms with Gasteiger partial charge in [-0.3, -0.25) is 9.48 Å². The first-order valence-corrected chi connectivity index (χ1v) is 9.98. The molecule has 0 bridgehead atoms. The van der Waals surface area contributed by atoms with E-state index in [4.69, 9.17) is 16.3 Å². The quantitative estimate of drug-likeness (QED) is 0.282. The van der Waals surface area contributed by atoms with Gasteiger partial charge in [0.2, 0.25) is 0 Å². The van der Waals surface area contributed by atoms with Crippen LogP contribution in [0.15, 0.2) is 18.2 Å². The summed E-state index contributed by atoms with van der Waals surface area (Å²) in [5.74, 6) is -2.64. The van der Waals surface area contributed by atoms with Gasteiger partial charge >= 0.3 is 18.8 Å². The van der Waals surface area contributed by atoms with Crippen LogP contribution in [-0.2, 0) is 11.3 Å². The molecule has 0 aliphatic heterocycles. The Morgan fingerprint density at radius 3 is 2.41 bits per heavy atom. The molecule has 6 nitrogen and oxygen atoms in total. The van der Waals surface area contributed by atoms with Gasteiger partial charge in [0.15, 0.2) is 11.5 Å². The molecule has 32 heavy (non-hydrogen) atoms. The van der Waals surface area contributed by atoms with Crippen molar-refractivity contribution >= 4 is 23.4 Å². The third-order valence-corrected chi connectivity index (χ3v) is 5.46. The average Bonchev–Trinajstić information content (AvgIpc) is 3.46. The molecule has 174 valence electrons. The van der Waals surface area contributed by atoms with Gasteiger partial charge in [-0.2, -0.15) is 27.1 Å². The van der Waals surface area contributed by atoms with Crippen molar-refractivity contribution in [3.05, 3.63) is 34.5 Å². The number of Topliss-reactive ketones (excluding diaryl/α,β-unsaturated/α-hetero) is 1. The molecule has 0 atom stereocenters. The highest BCUT2D eigenvalue weighted by Gasteiger charge is 2.68. The number of ketones is 1. The number of hydrogen-bond acceptors (Lipinski definition) is 5. The maximum absolute atomic E-state index is 13.3. The number of esters is 1. The molecule has 12 heteroatoms. The molecular formula is C20H18ClF5N2O4. The summed E-state index contributed by atoms with van der Waals surface area (Å²) in [5.41, 5.74) is -3.26. The molecule has 1 aromatic carbocycles. The molecule has 1 heterocycles. The lowest BCUT2D eigenvalue weighted by Crippen LogP contribution is -2.32. The Labute approximate surface area is 184 Å². The van der Waals surface area contributed by atoms with Crippen molar-refractivity contribution in [2.24, 2.45) is 5.41 Å². The average molecular weight is 481 g/mol. The normalized spacial score (nSPS) is 15.0. The topological polar surface area (TPSA) is 70.4 Å². The summed E-state index contributed by atoms with van der Waals surface area (Å²) in [7, 11) is 0. The number of aryl methyl sites for hydroxylation is 1. The number of carbonyl (C=O) groups is 2. The zero-order chi connectivity index (χ0) is 23.8. The second-order valence-electron chi connectivity index (χ2n) is 7.05. The van der Waals surface area contributed by atoms with Gasteiger partial charge < -0.3 is 9.47 Å². The minimum Gasteiger partial charge on any atom is -0.461 e. The minimum atomic E-state index is -4.76. The van der Waals surface area contributed by atoms with Crippen molar-refractivity contribution in [2.45, 2.75) is 46.0 Å². The number of halogens is 6. The standard InChI is InChI=1S/C20H18ClF5N2O4/c1-3-28-15(13(21)14(27-28)17(30)31-4-2)11-6-5-10(9-12(11)32-18(22)23)16(29)19(7-8-19)20(24,25)26/h5-6,9,18H,3-4,7-8H2,1-2H3. The first kappa shape index (κ1) is 24.0. The molecule has 1 aliphatic rings. The molecule has 2 aromatic rings. The van der Waals surface area contributed by atoms with Crippen molar-refractivity contribution in [3.8, 4) is 17.0 Å². The number of hydrogen-bond donors (Lipinski definition) is 0. The molecule has 0 unspecified atom stereocenters. The van der Waals surface area contributed by atoms with Crippen LogP contribution in [0.1, 0.15) is 47.5 Å². The van der Waals surface area contributed by atoms with E-state index in [2.05, 4.69) is 9.84 Å². The number of ether oxygens (including phenoxy) is 2. The van der Waals surface area contributed by atoms with E-state index in [-0.39, 0.29) is 48.0 Å². The van der Waals surface area contributed by atoms with E-state index in [9.17, 15) is 31.5 Å². The molecule has 0 spiro atoms. The molecule has 1 fully saturated rings. The zero-order valence-electron chi connectivity index (χ0n) is 16.9. The van der Waals surface area contributed by atoms with Crippen LogP contribution in [0.2, 0.25) is 5.02 Å². The van der Waals surface area contributed by atoms with E-state index in [1.165, 1.54) is 4.68 Å². The van der Waals surface area contributed by atoms with Crippen LogP contribution < -0.4 is 4.74 Å². The van der Waals surface area contributed by atoms with Crippen molar-refractivity contribution in [3.63, 3.8) is 0 Å². The largest absolute Gasteiger partial charge is 0.461 e. The Morgan fingerprint density at radius 2 is 1.91 bits per heavy atom.